The van der Waals surface area contributed by atoms with E-state index in [1.165, 1.54) is 51.6 Å². The third-order valence-corrected chi connectivity index (χ3v) is 7.26. The van der Waals surface area contributed by atoms with Crippen LogP contribution in [0.1, 0.15) is 84.0 Å². The van der Waals surface area contributed by atoms with Gasteiger partial charge in [0, 0.05) is 6.04 Å². The maximum absolute atomic E-state index is 12.2. The molecule has 1 heterocycles. The quantitative estimate of drug-likeness (QED) is 0.797. The number of carboxylic acids is 1. The van der Waals surface area contributed by atoms with Crippen LogP contribution in [-0.4, -0.2) is 35.1 Å². The lowest BCUT2D eigenvalue weighted by Crippen LogP contribution is -2.47. The van der Waals surface area contributed by atoms with Gasteiger partial charge >= 0.3 is 5.97 Å². The molecule has 0 unspecified atom stereocenters. The summed E-state index contributed by atoms with van der Waals surface area (Å²) in [6.07, 6.45) is 14.2. The van der Waals surface area contributed by atoms with Crippen LogP contribution in [-0.2, 0) is 4.79 Å². The number of aliphatic carboxylic acids is 1. The molecule has 3 rings (SSSR count). The Kier molecular flexibility index (Phi) is 5.66. The van der Waals surface area contributed by atoms with Crippen molar-refractivity contribution in [1.29, 1.82) is 0 Å². The first-order valence-corrected chi connectivity index (χ1v) is 10.1. The number of likely N-dealkylation sites (tertiary alicyclic amines) is 1. The van der Waals surface area contributed by atoms with E-state index in [9.17, 15) is 9.90 Å². The van der Waals surface area contributed by atoms with Crippen LogP contribution in [0.4, 0.5) is 0 Å². The van der Waals surface area contributed by atoms with Crippen LogP contribution in [0.2, 0.25) is 0 Å². The molecule has 2 aliphatic carbocycles. The summed E-state index contributed by atoms with van der Waals surface area (Å²) < 4.78 is 0. The Labute approximate surface area is 141 Å². The van der Waals surface area contributed by atoms with E-state index >= 15 is 0 Å². The van der Waals surface area contributed by atoms with Gasteiger partial charge in [-0.1, -0.05) is 32.6 Å². The highest BCUT2D eigenvalue weighted by Crippen LogP contribution is 2.50. The van der Waals surface area contributed by atoms with Crippen molar-refractivity contribution >= 4 is 5.97 Å². The molecule has 0 bridgehead atoms. The molecule has 132 valence electrons. The lowest BCUT2D eigenvalue weighted by Gasteiger charge is -2.46. The van der Waals surface area contributed by atoms with E-state index in [1.54, 1.807) is 0 Å². The molecule has 2 saturated carbocycles. The van der Waals surface area contributed by atoms with Gasteiger partial charge in [0.05, 0.1) is 5.41 Å². The van der Waals surface area contributed by atoms with Crippen molar-refractivity contribution in [3.05, 3.63) is 0 Å². The van der Waals surface area contributed by atoms with Gasteiger partial charge < -0.3 is 10.0 Å². The predicted octanol–water partition coefficient (Wildman–Crippen LogP) is 4.70. The van der Waals surface area contributed by atoms with Gasteiger partial charge in [0.1, 0.15) is 0 Å². The van der Waals surface area contributed by atoms with Crippen LogP contribution < -0.4 is 0 Å². The van der Waals surface area contributed by atoms with Gasteiger partial charge in [0.2, 0.25) is 0 Å². The van der Waals surface area contributed by atoms with Crippen molar-refractivity contribution in [1.82, 2.24) is 4.90 Å². The number of nitrogens with zero attached hydrogens (tertiary/aromatic N) is 1. The van der Waals surface area contributed by atoms with Gasteiger partial charge in [0.25, 0.3) is 0 Å². The Morgan fingerprint density at radius 2 is 1.65 bits per heavy atom. The van der Waals surface area contributed by atoms with Crippen molar-refractivity contribution in [2.24, 2.45) is 17.3 Å². The molecule has 0 aromatic heterocycles. The Hall–Kier alpha value is -0.570. The minimum Gasteiger partial charge on any atom is -0.481 e. The summed E-state index contributed by atoms with van der Waals surface area (Å²) in [7, 11) is 0. The largest absolute Gasteiger partial charge is 0.481 e. The van der Waals surface area contributed by atoms with Crippen molar-refractivity contribution in [2.45, 2.75) is 90.0 Å². The molecule has 3 nitrogen and oxygen atoms in total. The van der Waals surface area contributed by atoms with Crippen LogP contribution in [0.5, 0.6) is 0 Å². The van der Waals surface area contributed by atoms with Gasteiger partial charge in [-0.25, -0.2) is 0 Å². The van der Waals surface area contributed by atoms with Crippen LogP contribution in [0.15, 0.2) is 0 Å². The van der Waals surface area contributed by atoms with E-state index in [0.717, 1.165) is 44.4 Å². The third-order valence-electron chi connectivity index (χ3n) is 7.26. The highest BCUT2D eigenvalue weighted by Gasteiger charge is 2.49. The third kappa shape index (κ3) is 3.60. The van der Waals surface area contributed by atoms with Crippen LogP contribution in [0.3, 0.4) is 0 Å². The molecule has 0 spiro atoms. The first kappa shape index (κ1) is 17.3. The summed E-state index contributed by atoms with van der Waals surface area (Å²) in [5, 5.41) is 10.0. The second kappa shape index (κ2) is 7.55. The first-order chi connectivity index (χ1) is 11.2. The average Bonchev–Trinajstić information content (AvgIpc) is 3.10. The van der Waals surface area contributed by atoms with Crippen LogP contribution in [0, 0.1) is 17.3 Å². The Morgan fingerprint density at radius 3 is 2.17 bits per heavy atom. The second-order valence-corrected chi connectivity index (χ2v) is 8.44. The van der Waals surface area contributed by atoms with Crippen molar-refractivity contribution in [2.75, 3.05) is 13.1 Å². The zero-order valence-electron chi connectivity index (χ0n) is 14.9. The normalized spacial score (nSPS) is 39.4. The van der Waals surface area contributed by atoms with E-state index in [-0.39, 0.29) is 0 Å². The Morgan fingerprint density at radius 1 is 1.04 bits per heavy atom. The fourth-order valence-electron chi connectivity index (χ4n) is 5.80. The highest BCUT2D eigenvalue weighted by molar-refractivity contribution is 5.75. The standard InChI is InChI=1S/C20H35NO2/c1-2-5-16-6-8-17(9-7-16)20(19(22)23)12-10-18(11-13-20)21-14-3-4-15-21/h16-18H,2-15H2,1H3,(H,22,23). The molecular weight excluding hydrogens is 286 g/mol. The van der Waals surface area contributed by atoms with E-state index in [1.807, 2.05) is 0 Å². The Balaban J connectivity index is 1.59. The fraction of sp³-hybridized carbons (Fsp3) is 0.950. The summed E-state index contributed by atoms with van der Waals surface area (Å²) in [4.78, 5) is 14.8. The molecule has 0 amide bonds. The lowest BCUT2D eigenvalue weighted by molar-refractivity contribution is -0.158. The smallest absolute Gasteiger partial charge is 0.309 e. The van der Waals surface area contributed by atoms with E-state index in [0.29, 0.717) is 12.0 Å². The van der Waals surface area contributed by atoms with Crippen molar-refractivity contribution < 1.29 is 9.90 Å². The molecule has 0 aromatic carbocycles. The predicted molar refractivity (Wildman–Crippen MR) is 93.5 cm³/mol. The molecule has 0 atom stereocenters. The van der Waals surface area contributed by atoms with Gasteiger partial charge in [-0.15, -0.1) is 0 Å². The number of rotatable bonds is 5. The molecule has 1 aliphatic heterocycles. The van der Waals surface area contributed by atoms with Gasteiger partial charge in [-0.05, 0) is 76.3 Å². The number of hydrogen-bond acceptors (Lipinski definition) is 2. The monoisotopic (exact) mass is 321 g/mol. The number of carbonyl (C=O) groups is 1. The summed E-state index contributed by atoms with van der Waals surface area (Å²) >= 11 is 0. The molecule has 23 heavy (non-hydrogen) atoms. The average molecular weight is 322 g/mol. The molecule has 0 aromatic rings. The fourth-order valence-corrected chi connectivity index (χ4v) is 5.80. The minimum atomic E-state index is -0.490. The summed E-state index contributed by atoms with van der Waals surface area (Å²) in [5.74, 6) is 0.812. The molecular formula is C20H35NO2. The molecule has 3 fully saturated rings. The number of hydrogen-bond donors (Lipinski definition) is 1. The van der Waals surface area contributed by atoms with E-state index in [4.69, 9.17) is 0 Å². The number of carboxylic acid groups (broad SMARTS) is 1. The summed E-state index contributed by atoms with van der Waals surface area (Å²) in [6.45, 7) is 4.75. The van der Waals surface area contributed by atoms with Gasteiger partial charge in [-0.2, -0.15) is 0 Å². The van der Waals surface area contributed by atoms with Gasteiger partial charge in [0.15, 0.2) is 0 Å². The van der Waals surface area contributed by atoms with Gasteiger partial charge in [-0.3, -0.25) is 4.79 Å². The topological polar surface area (TPSA) is 40.5 Å². The summed E-state index contributed by atoms with van der Waals surface area (Å²) in [6, 6.07) is 0.668. The SMILES string of the molecule is CCCC1CCC(C2(C(=O)O)CCC(N3CCCC3)CC2)CC1. The zero-order chi connectivity index (χ0) is 16.3. The molecule has 1 N–H and O–H groups in total. The first-order valence-electron chi connectivity index (χ1n) is 10.1. The maximum atomic E-state index is 12.2. The lowest BCUT2D eigenvalue weighted by atomic mass is 9.59. The minimum absolute atomic E-state index is 0.395. The summed E-state index contributed by atoms with van der Waals surface area (Å²) in [5.41, 5.74) is -0.395. The van der Waals surface area contributed by atoms with Crippen molar-refractivity contribution in [3.63, 3.8) is 0 Å². The molecule has 1 saturated heterocycles. The van der Waals surface area contributed by atoms with E-state index < -0.39 is 11.4 Å². The zero-order valence-corrected chi connectivity index (χ0v) is 14.9. The molecule has 3 heteroatoms. The van der Waals surface area contributed by atoms with Crippen LogP contribution >= 0.6 is 0 Å². The van der Waals surface area contributed by atoms with E-state index in [2.05, 4.69) is 11.8 Å². The molecule has 0 radical (unpaired) electrons. The van der Waals surface area contributed by atoms with Crippen molar-refractivity contribution in [3.8, 4) is 0 Å². The Bertz CT molecular complexity index is 386. The second-order valence-electron chi connectivity index (χ2n) is 8.44. The highest BCUT2D eigenvalue weighted by atomic mass is 16.4. The maximum Gasteiger partial charge on any atom is 0.309 e. The van der Waals surface area contributed by atoms with Crippen LogP contribution in [0.25, 0.3) is 0 Å². The molecule has 3 aliphatic rings.